The summed E-state index contributed by atoms with van der Waals surface area (Å²) in [6.07, 6.45) is -4.56. The summed E-state index contributed by atoms with van der Waals surface area (Å²) in [6, 6.07) is 0. The highest BCUT2D eigenvalue weighted by molar-refractivity contribution is 4.93. The first-order chi connectivity index (χ1) is 7.56. The first kappa shape index (κ1) is 13.8. The Hall–Kier alpha value is -0.280. The maximum Gasteiger partial charge on any atom is 0.313 e. The standard InChI is InChI=1S/C9H18O7/c1-13-8-7(12)6(11)5(4-10)16-9(8,14-2)15-3/h5-8,10-12H,4H2,1-3H3/t5-,6+,7+,8+/m0/s1. The van der Waals surface area contributed by atoms with Crippen LogP contribution in [0.1, 0.15) is 0 Å². The van der Waals surface area contributed by atoms with E-state index in [1.165, 1.54) is 21.3 Å². The van der Waals surface area contributed by atoms with E-state index in [1.54, 1.807) is 0 Å². The second-order valence-electron chi connectivity index (χ2n) is 3.49. The summed E-state index contributed by atoms with van der Waals surface area (Å²) in [5.41, 5.74) is 0. The lowest BCUT2D eigenvalue weighted by molar-refractivity contribution is -0.451. The number of hydrogen-bond acceptors (Lipinski definition) is 7. The van der Waals surface area contributed by atoms with Crippen LogP contribution in [0.15, 0.2) is 0 Å². The van der Waals surface area contributed by atoms with Gasteiger partial charge in [0.05, 0.1) is 6.61 Å². The molecule has 1 rings (SSSR count). The van der Waals surface area contributed by atoms with E-state index >= 15 is 0 Å². The molecule has 16 heavy (non-hydrogen) atoms. The Morgan fingerprint density at radius 1 is 1.12 bits per heavy atom. The molecule has 1 heterocycles. The molecule has 1 saturated heterocycles. The number of hydrogen-bond donors (Lipinski definition) is 3. The second-order valence-corrected chi connectivity index (χ2v) is 3.49. The van der Waals surface area contributed by atoms with E-state index in [0.29, 0.717) is 0 Å². The second kappa shape index (κ2) is 5.37. The van der Waals surface area contributed by atoms with Gasteiger partial charge in [0.2, 0.25) is 0 Å². The van der Waals surface area contributed by atoms with Crippen LogP contribution < -0.4 is 0 Å². The molecule has 3 N–H and O–H groups in total. The lowest BCUT2D eigenvalue weighted by Crippen LogP contribution is -2.67. The van der Waals surface area contributed by atoms with Gasteiger partial charge in [-0.05, 0) is 0 Å². The molecule has 0 aliphatic carbocycles. The van der Waals surface area contributed by atoms with Crippen LogP contribution in [0, 0.1) is 0 Å². The van der Waals surface area contributed by atoms with Gasteiger partial charge in [0, 0.05) is 21.3 Å². The Labute approximate surface area is 93.5 Å². The van der Waals surface area contributed by atoms with Crippen molar-refractivity contribution in [1.29, 1.82) is 0 Å². The maximum absolute atomic E-state index is 9.81. The number of rotatable bonds is 4. The molecule has 0 spiro atoms. The molecule has 0 bridgehead atoms. The van der Waals surface area contributed by atoms with Crippen LogP contribution in [0.4, 0.5) is 0 Å². The summed E-state index contributed by atoms with van der Waals surface area (Å²) in [5.74, 6) is -1.64. The molecule has 0 unspecified atom stereocenters. The van der Waals surface area contributed by atoms with Crippen molar-refractivity contribution in [3.05, 3.63) is 0 Å². The molecule has 1 aliphatic rings. The molecule has 0 aromatic carbocycles. The molecule has 7 nitrogen and oxygen atoms in total. The molecular weight excluding hydrogens is 220 g/mol. The van der Waals surface area contributed by atoms with Gasteiger partial charge in [0.1, 0.15) is 18.3 Å². The number of aliphatic hydroxyl groups excluding tert-OH is 3. The van der Waals surface area contributed by atoms with E-state index in [2.05, 4.69) is 0 Å². The average molecular weight is 238 g/mol. The van der Waals surface area contributed by atoms with Gasteiger partial charge in [-0.15, -0.1) is 0 Å². The first-order valence-corrected chi connectivity index (χ1v) is 4.84. The van der Waals surface area contributed by atoms with E-state index in [1.807, 2.05) is 0 Å². The molecule has 0 aromatic heterocycles. The van der Waals surface area contributed by atoms with Crippen LogP contribution in [0.5, 0.6) is 0 Å². The van der Waals surface area contributed by atoms with Gasteiger partial charge in [-0.2, -0.15) is 0 Å². The number of ether oxygens (including phenoxy) is 4. The minimum Gasteiger partial charge on any atom is -0.394 e. The normalized spacial score (nSPS) is 38.6. The van der Waals surface area contributed by atoms with Crippen molar-refractivity contribution in [2.45, 2.75) is 30.4 Å². The fourth-order valence-electron chi connectivity index (χ4n) is 1.80. The third-order valence-corrected chi connectivity index (χ3v) is 2.71. The van der Waals surface area contributed by atoms with Gasteiger partial charge in [-0.3, -0.25) is 0 Å². The van der Waals surface area contributed by atoms with Crippen molar-refractivity contribution in [1.82, 2.24) is 0 Å². The molecule has 0 radical (unpaired) electrons. The Balaban J connectivity index is 2.97. The summed E-state index contributed by atoms with van der Waals surface area (Å²) in [7, 11) is 3.96. The Morgan fingerprint density at radius 3 is 2.06 bits per heavy atom. The van der Waals surface area contributed by atoms with Crippen molar-refractivity contribution in [2.75, 3.05) is 27.9 Å². The highest BCUT2D eigenvalue weighted by Crippen LogP contribution is 2.32. The molecule has 1 aliphatic heterocycles. The Bertz CT molecular complexity index is 218. The molecule has 0 amide bonds. The monoisotopic (exact) mass is 238 g/mol. The summed E-state index contributed by atoms with van der Waals surface area (Å²) in [4.78, 5) is 0. The van der Waals surface area contributed by atoms with Crippen LogP contribution in [0.25, 0.3) is 0 Å². The molecular formula is C9H18O7. The van der Waals surface area contributed by atoms with E-state index < -0.39 is 37.0 Å². The zero-order valence-electron chi connectivity index (χ0n) is 9.49. The van der Waals surface area contributed by atoms with Gasteiger partial charge in [-0.25, -0.2) is 0 Å². The average Bonchev–Trinajstić information content (AvgIpc) is 2.32. The minimum atomic E-state index is -1.64. The van der Waals surface area contributed by atoms with Crippen molar-refractivity contribution >= 4 is 0 Å². The number of methoxy groups -OCH3 is 3. The maximum atomic E-state index is 9.81. The zero-order valence-corrected chi connectivity index (χ0v) is 9.49. The third kappa shape index (κ3) is 2.07. The smallest absolute Gasteiger partial charge is 0.313 e. The first-order valence-electron chi connectivity index (χ1n) is 4.84. The van der Waals surface area contributed by atoms with Crippen molar-refractivity contribution in [3.8, 4) is 0 Å². The Morgan fingerprint density at radius 2 is 1.69 bits per heavy atom. The summed E-state index contributed by atoms with van der Waals surface area (Å²) >= 11 is 0. The van der Waals surface area contributed by atoms with Gasteiger partial charge in [-0.1, -0.05) is 0 Å². The predicted octanol–water partition coefficient (Wildman–Crippen LogP) is -1.94. The van der Waals surface area contributed by atoms with Crippen LogP contribution in [-0.2, 0) is 18.9 Å². The minimum absolute atomic E-state index is 0.469. The lowest BCUT2D eigenvalue weighted by Gasteiger charge is -2.47. The van der Waals surface area contributed by atoms with Gasteiger partial charge >= 0.3 is 5.97 Å². The predicted molar refractivity (Wildman–Crippen MR) is 51.5 cm³/mol. The molecule has 1 fully saturated rings. The Kier molecular flexibility index (Phi) is 4.62. The van der Waals surface area contributed by atoms with Gasteiger partial charge in [0.25, 0.3) is 0 Å². The highest BCUT2D eigenvalue weighted by Gasteiger charge is 2.56. The fraction of sp³-hybridized carbons (Fsp3) is 1.00. The van der Waals surface area contributed by atoms with Gasteiger partial charge in [0.15, 0.2) is 6.10 Å². The van der Waals surface area contributed by atoms with E-state index in [9.17, 15) is 10.2 Å². The highest BCUT2D eigenvalue weighted by atomic mass is 16.9. The fourth-order valence-corrected chi connectivity index (χ4v) is 1.80. The number of aliphatic hydroxyl groups is 3. The van der Waals surface area contributed by atoms with Crippen LogP contribution >= 0.6 is 0 Å². The molecule has 7 heteroatoms. The van der Waals surface area contributed by atoms with Crippen molar-refractivity contribution in [2.24, 2.45) is 0 Å². The zero-order chi connectivity index (χ0) is 12.3. The largest absolute Gasteiger partial charge is 0.394 e. The van der Waals surface area contributed by atoms with E-state index in [-0.39, 0.29) is 0 Å². The van der Waals surface area contributed by atoms with Crippen molar-refractivity contribution < 1.29 is 34.3 Å². The quantitative estimate of drug-likeness (QED) is 0.490. The van der Waals surface area contributed by atoms with E-state index in [0.717, 1.165) is 0 Å². The van der Waals surface area contributed by atoms with Crippen LogP contribution in [0.3, 0.4) is 0 Å². The molecule has 0 saturated carbocycles. The molecule has 4 atom stereocenters. The third-order valence-electron chi connectivity index (χ3n) is 2.71. The summed E-state index contributed by atoms with van der Waals surface area (Å²) in [5, 5.41) is 28.5. The van der Waals surface area contributed by atoms with Crippen LogP contribution in [0.2, 0.25) is 0 Å². The van der Waals surface area contributed by atoms with Crippen LogP contribution in [-0.4, -0.2) is 73.6 Å². The molecule has 96 valence electrons. The topological polar surface area (TPSA) is 97.6 Å². The van der Waals surface area contributed by atoms with E-state index in [4.69, 9.17) is 24.1 Å². The SMILES string of the molecule is CO[C@@H]1[C@H](O)[C@H](O)[C@H](CO)OC1(OC)OC. The molecule has 0 aromatic rings. The van der Waals surface area contributed by atoms with Crippen molar-refractivity contribution in [3.63, 3.8) is 0 Å². The summed E-state index contributed by atoms with van der Waals surface area (Å²) < 4.78 is 20.3. The summed E-state index contributed by atoms with van der Waals surface area (Å²) in [6.45, 7) is -0.469. The van der Waals surface area contributed by atoms with Gasteiger partial charge < -0.3 is 34.3 Å². The lowest BCUT2D eigenvalue weighted by atomic mass is 9.97.